The number of amides is 1. The summed E-state index contributed by atoms with van der Waals surface area (Å²) in [4.78, 5) is 14.8. The molecule has 1 aliphatic rings. The molecule has 1 atom stereocenters. The van der Waals surface area contributed by atoms with Crippen LogP contribution < -0.4 is 5.32 Å². The number of nitrogens with zero attached hydrogens (tertiary/aromatic N) is 1. The van der Waals surface area contributed by atoms with Crippen LogP contribution in [-0.2, 0) is 6.61 Å². The second kappa shape index (κ2) is 8.28. The van der Waals surface area contributed by atoms with Gasteiger partial charge in [0.2, 0.25) is 0 Å². The van der Waals surface area contributed by atoms with Crippen molar-refractivity contribution < 1.29 is 9.90 Å². The van der Waals surface area contributed by atoms with Gasteiger partial charge in [0.25, 0.3) is 5.91 Å². The van der Waals surface area contributed by atoms with Crippen LogP contribution in [0.1, 0.15) is 35.2 Å². The summed E-state index contributed by atoms with van der Waals surface area (Å²) in [5.74, 6) is -0.0380. The van der Waals surface area contributed by atoms with Crippen molar-refractivity contribution in [3.05, 3.63) is 59.7 Å². The minimum absolute atomic E-state index is 0.0124. The minimum atomic E-state index is -0.0380. The highest BCUT2D eigenvalue weighted by atomic mass is 16.3. The highest BCUT2D eigenvalue weighted by Gasteiger charge is 2.20. The summed E-state index contributed by atoms with van der Waals surface area (Å²) >= 11 is 0. The predicted molar refractivity (Wildman–Crippen MR) is 100 cm³/mol. The molecule has 4 nitrogen and oxygen atoms in total. The van der Waals surface area contributed by atoms with Gasteiger partial charge in [-0.25, -0.2) is 0 Å². The number of carbonyl (C=O) groups is 1. The van der Waals surface area contributed by atoms with E-state index in [0.29, 0.717) is 18.2 Å². The predicted octanol–water partition coefficient (Wildman–Crippen LogP) is 3.06. The van der Waals surface area contributed by atoms with Crippen molar-refractivity contribution in [3.63, 3.8) is 0 Å². The van der Waals surface area contributed by atoms with Gasteiger partial charge >= 0.3 is 0 Å². The molecule has 4 heteroatoms. The fourth-order valence-electron chi connectivity index (χ4n) is 3.57. The maximum atomic E-state index is 12.5. The van der Waals surface area contributed by atoms with Crippen LogP contribution in [0.2, 0.25) is 0 Å². The van der Waals surface area contributed by atoms with Gasteiger partial charge in [0.1, 0.15) is 0 Å². The molecule has 0 saturated carbocycles. The highest BCUT2D eigenvalue weighted by Crippen LogP contribution is 2.24. The second-order valence-electron chi connectivity index (χ2n) is 6.72. The number of likely N-dealkylation sites (tertiary alicyclic amines) is 1. The van der Waals surface area contributed by atoms with Crippen molar-refractivity contribution in [2.45, 2.75) is 31.9 Å². The van der Waals surface area contributed by atoms with Crippen LogP contribution in [0.25, 0.3) is 11.1 Å². The molecule has 2 aromatic carbocycles. The molecular weight excluding hydrogens is 312 g/mol. The Balaban J connectivity index is 1.65. The quantitative estimate of drug-likeness (QED) is 0.851. The first-order valence-corrected chi connectivity index (χ1v) is 8.96. The fourth-order valence-corrected chi connectivity index (χ4v) is 3.57. The van der Waals surface area contributed by atoms with Crippen molar-refractivity contribution >= 4 is 5.91 Å². The normalized spacial score (nSPS) is 17.6. The summed E-state index contributed by atoms with van der Waals surface area (Å²) in [7, 11) is 2.15. The monoisotopic (exact) mass is 338 g/mol. The van der Waals surface area contributed by atoms with Crippen molar-refractivity contribution in [1.82, 2.24) is 10.2 Å². The Labute approximate surface area is 149 Å². The molecule has 1 fully saturated rings. The van der Waals surface area contributed by atoms with Crippen LogP contribution in [0.4, 0.5) is 0 Å². The Morgan fingerprint density at radius 1 is 1.24 bits per heavy atom. The average molecular weight is 338 g/mol. The SMILES string of the molecule is CN1CCCC1CCNC(=O)c1cccc(-c2ccccc2CO)c1. The van der Waals surface area contributed by atoms with Crippen LogP contribution in [0, 0.1) is 0 Å². The summed E-state index contributed by atoms with van der Waals surface area (Å²) in [6, 6.07) is 15.9. The standard InChI is InChI=1S/C21H26N2O2/c1-23-13-5-9-19(23)11-12-22-21(25)17-8-4-7-16(14-17)20-10-3-2-6-18(20)15-24/h2-4,6-8,10,14,19,24H,5,9,11-13,15H2,1H3,(H,22,25). The van der Waals surface area contributed by atoms with Gasteiger partial charge < -0.3 is 15.3 Å². The average Bonchev–Trinajstić information content (AvgIpc) is 3.06. The van der Waals surface area contributed by atoms with Gasteiger partial charge in [0.05, 0.1) is 6.61 Å². The smallest absolute Gasteiger partial charge is 0.251 e. The van der Waals surface area contributed by atoms with E-state index in [1.54, 1.807) is 0 Å². The Hall–Kier alpha value is -2.17. The van der Waals surface area contributed by atoms with Gasteiger partial charge in [-0.05, 0) is 61.7 Å². The molecule has 2 aromatic rings. The lowest BCUT2D eigenvalue weighted by Gasteiger charge is -2.19. The molecule has 2 N–H and O–H groups in total. The van der Waals surface area contributed by atoms with Crippen LogP contribution in [0.15, 0.2) is 48.5 Å². The summed E-state index contributed by atoms with van der Waals surface area (Å²) in [6.45, 7) is 1.84. The van der Waals surface area contributed by atoms with Gasteiger partial charge in [0.15, 0.2) is 0 Å². The Kier molecular flexibility index (Phi) is 5.84. The van der Waals surface area contributed by atoms with E-state index in [1.165, 1.54) is 12.8 Å². The molecule has 1 unspecified atom stereocenters. The molecule has 1 saturated heterocycles. The summed E-state index contributed by atoms with van der Waals surface area (Å²) < 4.78 is 0. The molecule has 0 aliphatic carbocycles. The Morgan fingerprint density at radius 3 is 2.84 bits per heavy atom. The maximum absolute atomic E-state index is 12.5. The molecule has 3 rings (SSSR count). The zero-order valence-electron chi connectivity index (χ0n) is 14.7. The first-order valence-electron chi connectivity index (χ1n) is 8.96. The number of hydrogen-bond donors (Lipinski definition) is 2. The topological polar surface area (TPSA) is 52.6 Å². The molecule has 0 radical (unpaired) electrons. The van der Waals surface area contributed by atoms with E-state index < -0.39 is 0 Å². The van der Waals surface area contributed by atoms with Gasteiger partial charge in [0, 0.05) is 18.2 Å². The lowest BCUT2D eigenvalue weighted by molar-refractivity contribution is 0.0950. The largest absolute Gasteiger partial charge is 0.392 e. The maximum Gasteiger partial charge on any atom is 0.251 e. The second-order valence-corrected chi connectivity index (χ2v) is 6.72. The Bertz CT molecular complexity index is 729. The first-order chi connectivity index (χ1) is 12.2. The molecule has 1 amide bonds. The molecule has 1 heterocycles. The third-order valence-corrected chi connectivity index (χ3v) is 5.06. The van der Waals surface area contributed by atoms with Crippen molar-refractivity contribution in [3.8, 4) is 11.1 Å². The van der Waals surface area contributed by atoms with Gasteiger partial charge in [-0.1, -0.05) is 36.4 Å². The van der Waals surface area contributed by atoms with E-state index in [2.05, 4.69) is 17.3 Å². The number of nitrogens with one attached hydrogen (secondary N) is 1. The van der Waals surface area contributed by atoms with E-state index >= 15 is 0 Å². The number of rotatable bonds is 6. The molecule has 0 bridgehead atoms. The van der Waals surface area contributed by atoms with Crippen LogP contribution in [-0.4, -0.2) is 42.1 Å². The fraction of sp³-hybridized carbons (Fsp3) is 0.381. The van der Waals surface area contributed by atoms with Gasteiger partial charge in [-0.2, -0.15) is 0 Å². The lowest BCUT2D eigenvalue weighted by Crippen LogP contribution is -2.31. The molecular formula is C21H26N2O2. The highest BCUT2D eigenvalue weighted by molar-refractivity contribution is 5.95. The summed E-state index contributed by atoms with van der Waals surface area (Å²) in [5.41, 5.74) is 3.44. The lowest BCUT2D eigenvalue weighted by atomic mass is 9.98. The van der Waals surface area contributed by atoms with Crippen molar-refractivity contribution in [2.24, 2.45) is 0 Å². The number of aliphatic hydroxyl groups excluding tert-OH is 1. The number of benzene rings is 2. The van der Waals surface area contributed by atoms with E-state index in [4.69, 9.17) is 0 Å². The summed E-state index contributed by atoms with van der Waals surface area (Å²) in [5, 5.41) is 12.6. The van der Waals surface area contributed by atoms with Gasteiger partial charge in [-0.15, -0.1) is 0 Å². The molecule has 25 heavy (non-hydrogen) atoms. The number of carbonyl (C=O) groups excluding carboxylic acids is 1. The molecule has 1 aliphatic heterocycles. The minimum Gasteiger partial charge on any atom is -0.392 e. The Morgan fingerprint density at radius 2 is 2.08 bits per heavy atom. The zero-order valence-corrected chi connectivity index (χ0v) is 14.7. The number of hydrogen-bond acceptors (Lipinski definition) is 3. The van der Waals surface area contributed by atoms with E-state index in [-0.39, 0.29) is 12.5 Å². The third kappa shape index (κ3) is 4.27. The third-order valence-electron chi connectivity index (χ3n) is 5.06. The van der Waals surface area contributed by atoms with Crippen molar-refractivity contribution in [1.29, 1.82) is 0 Å². The molecule has 0 aromatic heterocycles. The van der Waals surface area contributed by atoms with Gasteiger partial charge in [-0.3, -0.25) is 4.79 Å². The van der Waals surface area contributed by atoms with Crippen LogP contribution in [0.5, 0.6) is 0 Å². The first kappa shape index (κ1) is 17.6. The van der Waals surface area contributed by atoms with E-state index in [0.717, 1.165) is 29.7 Å². The summed E-state index contributed by atoms with van der Waals surface area (Å²) in [6.07, 6.45) is 3.47. The number of aliphatic hydroxyl groups is 1. The molecule has 132 valence electrons. The van der Waals surface area contributed by atoms with E-state index in [9.17, 15) is 9.90 Å². The zero-order chi connectivity index (χ0) is 17.6. The van der Waals surface area contributed by atoms with Crippen LogP contribution >= 0.6 is 0 Å². The van der Waals surface area contributed by atoms with Crippen LogP contribution in [0.3, 0.4) is 0 Å². The molecule has 0 spiro atoms. The van der Waals surface area contributed by atoms with E-state index in [1.807, 2.05) is 48.5 Å². The van der Waals surface area contributed by atoms with Crippen molar-refractivity contribution in [2.75, 3.05) is 20.1 Å².